The maximum atomic E-state index is 10.5. The van der Waals surface area contributed by atoms with Crippen LogP contribution in [0.1, 0.15) is 20.8 Å². The Bertz CT molecular complexity index is 307. The largest absolute Gasteiger partial charge is 0.387 e. The molecule has 0 aromatic heterocycles. The highest BCUT2D eigenvalue weighted by Gasteiger charge is 2.11. The fraction of sp³-hybridized carbons (Fsp3) is 0.417. The zero-order valence-electron chi connectivity index (χ0n) is 9.83. The lowest BCUT2D eigenvalue weighted by atomic mass is 10.1. The van der Waals surface area contributed by atoms with Crippen LogP contribution in [0.25, 0.3) is 0 Å². The van der Waals surface area contributed by atoms with Gasteiger partial charge >= 0.3 is 0 Å². The third kappa shape index (κ3) is 9.49. The first-order chi connectivity index (χ1) is 7.35. The molecule has 0 unspecified atom stereocenters. The number of rotatable bonds is 1. The smallest absolute Gasteiger partial charge is 0.246 e. The van der Waals surface area contributed by atoms with Gasteiger partial charge in [-0.3, -0.25) is 4.79 Å². The normalized spacial score (nSPS) is 10.1. The van der Waals surface area contributed by atoms with E-state index in [0.717, 1.165) is 5.02 Å². The summed E-state index contributed by atoms with van der Waals surface area (Å²) in [5.41, 5.74) is -0.236. The molecule has 1 amide bonds. The molecule has 0 saturated carbocycles. The van der Waals surface area contributed by atoms with Gasteiger partial charge in [-0.1, -0.05) is 29.8 Å². The zero-order valence-corrected chi connectivity index (χ0v) is 10.6. The second kappa shape index (κ2) is 7.25. The molecule has 16 heavy (non-hydrogen) atoms. The SMILES string of the molecule is CC(C)(C)NC(=O)CO.Clc1ccccc1. The molecule has 0 radical (unpaired) electrons. The number of carbonyl (C=O) groups is 1. The Labute approximate surface area is 101 Å². The molecule has 4 heteroatoms. The Morgan fingerprint density at radius 1 is 1.31 bits per heavy atom. The van der Waals surface area contributed by atoms with Gasteiger partial charge in [-0.25, -0.2) is 0 Å². The standard InChI is InChI=1S/C6H5Cl.C6H13NO2/c7-6-4-2-1-3-5-6;1-6(2,3)7-5(9)4-8/h1-5H;8H,4H2,1-3H3,(H,7,9). The van der Waals surface area contributed by atoms with Gasteiger partial charge in [0.1, 0.15) is 6.61 Å². The summed E-state index contributed by atoms with van der Waals surface area (Å²) in [5.74, 6) is -0.331. The third-order valence-electron chi connectivity index (χ3n) is 1.39. The Kier molecular flexibility index (Phi) is 6.77. The summed E-state index contributed by atoms with van der Waals surface area (Å²) in [7, 11) is 0. The van der Waals surface area contributed by atoms with E-state index in [4.69, 9.17) is 16.7 Å². The molecule has 0 atom stereocenters. The van der Waals surface area contributed by atoms with E-state index in [-0.39, 0.29) is 11.4 Å². The summed E-state index contributed by atoms with van der Waals surface area (Å²) < 4.78 is 0. The average molecular weight is 244 g/mol. The average Bonchev–Trinajstić information content (AvgIpc) is 2.17. The number of amides is 1. The second-order valence-corrected chi connectivity index (χ2v) is 4.69. The number of carbonyl (C=O) groups excluding carboxylic acids is 1. The molecule has 0 aliphatic heterocycles. The van der Waals surface area contributed by atoms with Crippen molar-refractivity contribution >= 4 is 17.5 Å². The Balaban J connectivity index is 0.000000288. The molecule has 3 nitrogen and oxygen atoms in total. The third-order valence-corrected chi connectivity index (χ3v) is 1.64. The lowest BCUT2D eigenvalue weighted by molar-refractivity contribution is -0.125. The molecular weight excluding hydrogens is 226 g/mol. The molecule has 1 aromatic rings. The minimum absolute atomic E-state index is 0.236. The van der Waals surface area contributed by atoms with Crippen molar-refractivity contribution in [1.29, 1.82) is 0 Å². The van der Waals surface area contributed by atoms with Crippen molar-refractivity contribution in [1.82, 2.24) is 5.32 Å². The van der Waals surface area contributed by atoms with E-state index in [9.17, 15) is 4.79 Å². The molecular formula is C12H18ClNO2. The lowest BCUT2D eigenvalue weighted by Gasteiger charge is -2.19. The van der Waals surface area contributed by atoms with E-state index in [0.29, 0.717) is 0 Å². The molecule has 1 rings (SSSR count). The quantitative estimate of drug-likeness (QED) is 0.795. The molecule has 2 N–H and O–H groups in total. The van der Waals surface area contributed by atoms with Crippen LogP contribution < -0.4 is 5.32 Å². The summed E-state index contributed by atoms with van der Waals surface area (Å²) >= 11 is 5.54. The van der Waals surface area contributed by atoms with E-state index in [1.807, 2.05) is 51.1 Å². The van der Waals surface area contributed by atoms with E-state index in [1.165, 1.54) is 0 Å². The number of nitrogens with one attached hydrogen (secondary N) is 1. The topological polar surface area (TPSA) is 49.3 Å². The first-order valence-corrected chi connectivity index (χ1v) is 5.35. The predicted octanol–water partition coefficient (Wildman–Crippen LogP) is 2.23. The summed E-state index contributed by atoms with van der Waals surface area (Å²) in [6, 6.07) is 9.44. The number of aliphatic hydroxyl groups is 1. The molecule has 0 aliphatic rings. The van der Waals surface area contributed by atoms with Crippen LogP contribution in [0.3, 0.4) is 0 Å². The van der Waals surface area contributed by atoms with Gasteiger partial charge in [0.25, 0.3) is 0 Å². The molecule has 0 aliphatic carbocycles. The van der Waals surface area contributed by atoms with E-state index < -0.39 is 6.61 Å². The van der Waals surface area contributed by atoms with Crippen LogP contribution in [0.2, 0.25) is 5.02 Å². The van der Waals surface area contributed by atoms with Crippen LogP contribution in [-0.2, 0) is 4.79 Å². The molecule has 0 saturated heterocycles. The van der Waals surface area contributed by atoms with Crippen LogP contribution in [-0.4, -0.2) is 23.2 Å². The molecule has 1 aromatic carbocycles. The monoisotopic (exact) mass is 243 g/mol. The minimum atomic E-state index is -0.433. The summed E-state index contributed by atoms with van der Waals surface area (Å²) in [6.45, 7) is 5.15. The van der Waals surface area contributed by atoms with Crippen molar-refractivity contribution in [2.75, 3.05) is 6.61 Å². The van der Waals surface area contributed by atoms with Gasteiger partial charge in [-0.05, 0) is 32.9 Å². The number of halogens is 1. The Hall–Kier alpha value is -1.06. The van der Waals surface area contributed by atoms with Crippen molar-refractivity contribution in [2.24, 2.45) is 0 Å². The maximum absolute atomic E-state index is 10.5. The fourth-order valence-electron chi connectivity index (χ4n) is 0.872. The second-order valence-electron chi connectivity index (χ2n) is 4.25. The lowest BCUT2D eigenvalue weighted by Crippen LogP contribution is -2.41. The fourth-order valence-corrected chi connectivity index (χ4v) is 1.02. The summed E-state index contributed by atoms with van der Waals surface area (Å²) in [4.78, 5) is 10.5. The van der Waals surface area contributed by atoms with Gasteiger partial charge in [0, 0.05) is 10.6 Å². The molecule has 90 valence electrons. The zero-order chi connectivity index (χ0) is 12.6. The summed E-state index contributed by atoms with van der Waals surface area (Å²) in [5, 5.41) is 11.7. The van der Waals surface area contributed by atoms with Crippen molar-refractivity contribution in [3.63, 3.8) is 0 Å². The van der Waals surface area contributed by atoms with Crippen LogP contribution in [0.4, 0.5) is 0 Å². The highest BCUT2D eigenvalue weighted by Crippen LogP contribution is 2.03. The molecule has 0 heterocycles. The van der Waals surface area contributed by atoms with Crippen molar-refractivity contribution in [2.45, 2.75) is 26.3 Å². The molecule has 0 bridgehead atoms. The molecule has 0 fully saturated rings. The minimum Gasteiger partial charge on any atom is -0.387 e. The Morgan fingerprint density at radius 2 is 1.81 bits per heavy atom. The van der Waals surface area contributed by atoms with Gasteiger partial charge in [0.15, 0.2) is 0 Å². The number of hydrogen-bond acceptors (Lipinski definition) is 2. The van der Waals surface area contributed by atoms with Crippen LogP contribution >= 0.6 is 11.6 Å². The Morgan fingerprint density at radius 3 is 2.00 bits per heavy atom. The first kappa shape index (κ1) is 14.9. The van der Waals surface area contributed by atoms with Crippen molar-refractivity contribution in [3.05, 3.63) is 35.4 Å². The van der Waals surface area contributed by atoms with Crippen molar-refractivity contribution in [3.8, 4) is 0 Å². The summed E-state index contributed by atoms with van der Waals surface area (Å²) in [6.07, 6.45) is 0. The van der Waals surface area contributed by atoms with Gasteiger partial charge in [-0.15, -0.1) is 0 Å². The van der Waals surface area contributed by atoms with E-state index >= 15 is 0 Å². The van der Waals surface area contributed by atoms with E-state index in [2.05, 4.69) is 5.32 Å². The molecule has 0 spiro atoms. The number of hydrogen-bond donors (Lipinski definition) is 2. The predicted molar refractivity (Wildman–Crippen MR) is 66.4 cm³/mol. The van der Waals surface area contributed by atoms with Gasteiger partial charge in [0.2, 0.25) is 5.91 Å². The maximum Gasteiger partial charge on any atom is 0.246 e. The van der Waals surface area contributed by atoms with Crippen LogP contribution in [0.5, 0.6) is 0 Å². The van der Waals surface area contributed by atoms with E-state index in [1.54, 1.807) is 0 Å². The van der Waals surface area contributed by atoms with Gasteiger partial charge in [-0.2, -0.15) is 0 Å². The highest BCUT2D eigenvalue weighted by atomic mass is 35.5. The number of benzene rings is 1. The van der Waals surface area contributed by atoms with Crippen LogP contribution in [0, 0.1) is 0 Å². The van der Waals surface area contributed by atoms with Gasteiger partial charge in [0.05, 0.1) is 0 Å². The number of aliphatic hydroxyl groups excluding tert-OH is 1. The first-order valence-electron chi connectivity index (χ1n) is 4.97. The highest BCUT2D eigenvalue weighted by molar-refractivity contribution is 6.30. The van der Waals surface area contributed by atoms with Crippen LogP contribution in [0.15, 0.2) is 30.3 Å². The van der Waals surface area contributed by atoms with Gasteiger partial charge < -0.3 is 10.4 Å². The van der Waals surface area contributed by atoms with Crippen molar-refractivity contribution < 1.29 is 9.90 Å².